The molecule has 0 radical (unpaired) electrons. The summed E-state index contributed by atoms with van der Waals surface area (Å²) >= 11 is 0. The molecule has 2 unspecified atom stereocenters. The summed E-state index contributed by atoms with van der Waals surface area (Å²) in [5.41, 5.74) is 1.05. The van der Waals surface area contributed by atoms with Gasteiger partial charge >= 0.3 is 5.97 Å². The third-order valence-electron chi connectivity index (χ3n) is 4.04. The Morgan fingerprint density at radius 2 is 2.14 bits per heavy atom. The molecule has 1 N–H and O–H groups in total. The maximum absolute atomic E-state index is 12.2. The number of hydrogen-bond donors (Lipinski definition) is 1. The van der Waals surface area contributed by atoms with Gasteiger partial charge in [-0.15, -0.1) is 0 Å². The van der Waals surface area contributed by atoms with E-state index in [0.29, 0.717) is 25.9 Å². The van der Waals surface area contributed by atoms with Crippen LogP contribution in [0.2, 0.25) is 0 Å². The highest BCUT2D eigenvalue weighted by Gasteiger charge is 2.36. The lowest BCUT2D eigenvalue weighted by Crippen LogP contribution is -2.30. The van der Waals surface area contributed by atoms with E-state index in [1.807, 2.05) is 31.2 Å². The van der Waals surface area contributed by atoms with Gasteiger partial charge in [0.2, 0.25) is 5.91 Å². The Kier molecular flexibility index (Phi) is 4.83. The largest absolute Gasteiger partial charge is 0.497 e. The molecule has 1 aromatic rings. The van der Waals surface area contributed by atoms with Crippen LogP contribution in [0.25, 0.3) is 0 Å². The number of hydrogen-bond acceptors (Lipinski definition) is 3. The molecule has 0 bridgehead atoms. The van der Waals surface area contributed by atoms with E-state index in [-0.39, 0.29) is 11.8 Å². The summed E-state index contributed by atoms with van der Waals surface area (Å²) in [6, 6.07) is 7.64. The summed E-state index contributed by atoms with van der Waals surface area (Å²) in [7, 11) is 1.61. The van der Waals surface area contributed by atoms with Crippen molar-refractivity contribution in [2.24, 2.45) is 11.8 Å². The average molecular weight is 291 g/mol. The van der Waals surface area contributed by atoms with Crippen LogP contribution in [0.3, 0.4) is 0 Å². The van der Waals surface area contributed by atoms with Crippen LogP contribution in [0.4, 0.5) is 0 Å². The molecule has 1 aromatic carbocycles. The number of nitrogens with zero attached hydrogens (tertiary/aromatic N) is 1. The fourth-order valence-electron chi connectivity index (χ4n) is 2.73. The van der Waals surface area contributed by atoms with Crippen LogP contribution in [0.15, 0.2) is 24.3 Å². The zero-order chi connectivity index (χ0) is 15.4. The molecule has 2 rings (SSSR count). The van der Waals surface area contributed by atoms with E-state index in [0.717, 1.165) is 11.3 Å². The number of aryl methyl sites for hydroxylation is 1. The minimum absolute atomic E-state index is 0.0169. The Morgan fingerprint density at radius 1 is 1.38 bits per heavy atom. The Hall–Kier alpha value is -2.04. The normalized spacial score (nSPS) is 21.3. The van der Waals surface area contributed by atoms with Crippen LogP contribution in [-0.4, -0.2) is 42.1 Å². The first-order chi connectivity index (χ1) is 10.0. The van der Waals surface area contributed by atoms with Crippen LogP contribution in [0.1, 0.15) is 18.9 Å². The predicted octanol–water partition coefficient (Wildman–Crippen LogP) is 1.81. The number of benzene rings is 1. The van der Waals surface area contributed by atoms with Crippen molar-refractivity contribution >= 4 is 11.9 Å². The molecule has 1 fully saturated rings. The lowest BCUT2D eigenvalue weighted by Gasteiger charge is -2.16. The van der Waals surface area contributed by atoms with E-state index in [1.54, 1.807) is 12.0 Å². The summed E-state index contributed by atoms with van der Waals surface area (Å²) in [5, 5.41) is 9.10. The van der Waals surface area contributed by atoms with E-state index in [4.69, 9.17) is 9.84 Å². The number of carboxylic acid groups (broad SMARTS) is 1. The summed E-state index contributed by atoms with van der Waals surface area (Å²) in [4.78, 5) is 24.9. The summed E-state index contributed by atoms with van der Waals surface area (Å²) in [6.45, 7) is 2.75. The van der Waals surface area contributed by atoms with Gasteiger partial charge in [0.15, 0.2) is 0 Å². The number of carbonyl (C=O) groups excluding carboxylic acids is 1. The molecule has 114 valence electrons. The second-order valence-corrected chi connectivity index (χ2v) is 5.57. The molecule has 1 heterocycles. The molecule has 1 amide bonds. The molecule has 0 spiro atoms. The second kappa shape index (κ2) is 6.61. The van der Waals surface area contributed by atoms with Gasteiger partial charge in [-0.25, -0.2) is 0 Å². The van der Waals surface area contributed by atoms with Crippen molar-refractivity contribution in [1.29, 1.82) is 0 Å². The van der Waals surface area contributed by atoms with Crippen molar-refractivity contribution in [3.63, 3.8) is 0 Å². The first-order valence-corrected chi connectivity index (χ1v) is 7.14. The van der Waals surface area contributed by atoms with Gasteiger partial charge in [-0.2, -0.15) is 0 Å². The molecule has 1 saturated heterocycles. The highest BCUT2D eigenvalue weighted by molar-refractivity contribution is 5.79. The number of aliphatic carboxylic acids is 1. The SMILES string of the molecule is COc1cccc(CCC(=O)N2CC(C)C(C(=O)O)C2)c1. The quantitative estimate of drug-likeness (QED) is 0.898. The molecule has 0 aliphatic carbocycles. The molecule has 0 saturated carbocycles. The van der Waals surface area contributed by atoms with Gasteiger partial charge in [0.1, 0.15) is 5.75 Å². The smallest absolute Gasteiger partial charge is 0.308 e. The molecular weight excluding hydrogens is 270 g/mol. The van der Waals surface area contributed by atoms with E-state index in [2.05, 4.69) is 0 Å². The number of likely N-dealkylation sites (tertiary alicyclic amines) is 1. The molecule has 1 aliphatic rings. The van der Waals surface area contributed by atoms with Gasteiger partial charge < -0.3 is 14.7 Å². The minimum atomic E-state index is -0.814. The zero-order valence-electron chi connectivity index (χ0n) is 12.4. The topological polar surface area (TPSA) is 66.8 Å². The van der Waals surface area contributed by atoms with E-state index in [1.165, 1.54) is 0 Å². The van der Waals surface area contributed by atoms with Crippen molar-refractivity contribution < 1.29 is 19.4 Å². The molecule has 5 heteroatoms. The standard InChI is InChI=1S/C16H21NO4/c1-11-9-17(10-14(11)16(19)20)15(18)7-6-12-4-3-5-13(8-12)21-2/h3-5,8,11,14H,6-7,9-10H2,1-2H3,(H,19,20). The van der Waals surface area contributed by atoms with Gasteiger partial charge in [0, 0.05) is 19.5 Å². The maximum Gasteiger partial charge on any atom is 0.308 e. The predicted molar refractivity (Wildman–Crippen MR) is 78.2 cm³/mol. The van der Waals surface area contributed by atoms with Crippen LogP contribution in [0, 0.1) is 11.8 Å². The van der Waals surface area contributed by atoms with E-state index >= 15 is 0 Å². The summed E-state index contributed by atoms with van der Waals surface area (Å²) < 4.78 is 5.16. The van der Waals surface area contributed by atoms with Crippen LogP contribution in [0.5, 0.6) is 5.75 Å². The number of carbonyl (C=O) groups is 2. The molecular formula is C16H21NO4. The summed E-state index contributed by atoms with van der Waals surface area (Å²) in [5.74, 6) is -0.436. The highest BCUT2D eigenvalue weighted by Crippen LogP contribution is 2.24. The Labute approximate surface area is 124 Å². The molecule has 5 nitrogen and oxygen atoms in total. The number of ether oxygens (including phenoxy) is 1. The number of carboxylic acids is 1. The number of rotatable bonds is 5. The van der Waals surface area contributed by atoms with Crippen molar-refractivity contribution in [3.05, 3.63) is 29.8 Å². The van der Waals surface area contributed by atoms with Crippen LogP contribution < -0.4 is 4.74 Å². The molecule has 21 heavy (non-hydrogen) atoms. The average Bonchev–Trinajstić information content (AvgIpc) is 2.87. The fourth-order valence-corrected chi connectivity index (χ4v) is 2.73. The van der Waals surface area contributed by atoms with Crippen LogP contribution >= 0.6 is 0 Å². The van der Waals surface area contributed by atoms with Crippen molar-refractivity contribution in [2.45, 2.75) is 19.8 Å². The second-order valence-electron chi connectivity index (χ2n) is 5.57. The zero-order valence-corrected chi connectivity index (χ0v) is 12.4. The van der Waals surface area contributed by atoms with E-state index in [9.17, 15) is 9.59 Å². The van der Waals surface area contributed by atoms with Gasteiger partial charge in [-0.05, 0) is 30.0 Å². The maximum atomic E-state index is 12.2. The van der Waals surface area contributed by atoms with Gasteiger partial charge in [-0.1, -0.05) is 19.1 Å². The lowest BCUT2D eigenvalue weighted by molar-refractivity contribution is -0.142. The minimum Gasteiger partial charge on any atom is -0.497 e. The lowest BCUT2D eigenvalue weighted by atomic mass is 9.99. The van der Waals surface area contributed by atoms with Crippen molar-refractivity contribution in [1.82, 2.24) is 4.90 Å². The van der Waals surface area contributed by atoms with Gasteiger partial charge in [0.25, 0.3) is 0 Å². The van der Waals surface area contributed by atoms with E-state index < -0.39 is 11.9 Å². The van der Waals surface area contributed by atoms with Gasteiger partial charge in [-0.3, -0.25) is 9.59 Å². The first kappa shape index (κ1) is 15.4. The summed E-state index contributed by atoms with van der Waals surface area (Å²) in [6.07, 6.45) is 1.03. The van der Waals surface area contributed by atoms with Crippen molar-refractivity contribution in [2.75, 3.05) is 20.2 Å². The van der Waals surface area contributed by atoms with Gasteiger partial charge in [0.05, 0.1) is 13.0 Å². The third-order valence-corrected chi connectivity index (χ3v) is 4.04. The molecule has 2 atom stereocenters. The number of amides is 1. The van der Waals surface area contributed by atoms with Crippen LogP contribution in [-0.2, 0) is 16.0 Å². The highest BCUT2D eigenvalue weighted by atomic mass is 16.5. The Morgan fingerprint density at radius 3 is 2.76 bits per heavy atom. The Balaban J connectivity index is 1.89. The fraction of sp³-hybridized carbons (Fsp3) is 0.500. The molecule has 1 aliphatic heterocycles. The first-order valence-electron chi connectivity index (χ1n) is 7.14. The Bertz CT molecular complexity index is 529. The third kappa shape index (κ3) is 3.74. The van der Waals surface area contributed by atoms with Crippen molar-refractivity contribution in [3.8, 4) is 5.75 Å². The monoisotopic (exact) mass is 291 g/mol. The number of methoxy groups -OCH3 is 1. The molecule has 0 aromatic heterocycles.